The number of nitro groups is 1. The van der Waals surface area contributed by atoms with Crippen LogP contribution in [0, 0.1) is 15.5 Å². The van der Waals surface area contributed by atoms with Crippen molar-refractivity contribution in [1.82, 2.24) is 9.88 Å². The van der Waals surface area contributed by atoms with Gasteiger partial charge < -0.3 is 14.5 Å². The van der Waals surface area contributed by atoms with Crippen LogP contribution in [0.3, 0.4) is 0 Å². The van der Waals surface area contributed by atoms with Gasteiger partial charge in [0.05, 0.1) is 15.9 Å². The van der Waals surface area contributed by atoms with Gasteiger partial charge in [-0.15, -0.1) is 0 Å². The summed E-state index contributed by atoms with van der Waals surface area (Å²) >= 11 is 0.841. The molecule has 1 amide bonds. The van der Waals surface area contributed by atoms with Crippen molar-refractivity contribution in [1.29, 1.82) is 0 Å². The molecule has 13 heteroatoms. The minimum absolute atomic E-state index is 0.0666. The highest BCUT2D eigenvalue weighted by Gasteiger charge is 2.48. The number of piperidine rings is 1. The number of hydrogen-bond acceptors (Lipinski definition) is 8. The summed E-state index contributed by atoms with van der Waals surface area (Å²) in [6, 6.07) is 1.07. The number of amides is 1. The van der Waals surface area contributed by atoms with Crippen molar-refractivity contribution < 1.29 is 27.6 Å². The molecule has 9 nitrogen and oxygen atoms in total. The smallest absolute Gasteiger partial charge is 0.416 e. The number of non-ortho nitro benzene ring substituents is 1. The maximum atomic E-state index is 13.1. The molecule has 1 aromatic heterocycles. The Labute approximate surface area is 196 Å². The Balaban J connectivity index is 1.53. The average Bonchev–Trinajstić information content (AvgIpc) is 2.69. The molecular weight excluding hydrogens is 477 g/mol. The SMILES string of the molecule is CC(C)(C)OC(=O)N1CC2(CCN(c3nc(=O)c4cc(C(F)(F)F)cc([N+](=O)[O-])c4s3)CC2)C1. The maximum Gasteiger partial charge on any atom is 0.416 e. The lowest BCUT2D eigenvalue weighted by molar-refractivity contribution is -0.383. The Bertz CT molecular complexity index is 1210. The third-order valence-electron chi connectivity index (χ3n) is 6.01. The molecule has 0 aliphatic carbocycles. The number of likely N-dealkylation sites (tertiary alicyclic amines) is 1. The number of aromatic nitrogens is 1. The Morgan fingerprint density at radius 1 is 1.21 bits per heavy atom. The van der Waals surface area contributed by atoms with E-state index in [1.807, 2.05) is 4.90 Å². The molecule has 2 fully saturated rings. The number of carbonyl (C=O) groups excluding carboxylic acids is 1. The molecule has 2 aliphatic heterocycles. The van der Waals surface area contributed by atoms with Gasteiger partial charge in [0.1, 0.15) is 10.3 Å². The maximum absolute atomic E-state index is 13.1. The molecule has 2 saturated heterocycles. The molecule has 34 heavy (non-hydrogen) atoms. The second-order valence-electron chi connectivity index (χ2n) is 9.75. The van der Waals surface area contributed by atoms with Crippen LogP contribution >= 0.6 is 11.3 Å². The Kier molecular flexibility index (Phi) is 5.74. The van der Waals surface area contributed by atoms with Crippen molar-refractivity contribution in [2.24, 2.45) is 5.41 Å². The summed E-state index contributed by atoms with van der Waals surface area (Å²) in [5.41, 5.74) is -3.60. The lowest BCUT2D eigenvalue weighted by Crippen LogP contribution is -2.62. The number of ether oxygens (including phenoxy) is 1. The molecule has 0 bridgehead atoms. The second kappa shape index (κ2) is 8.07. The molecule has 0 radical (unpaired) electrons. The van der Waals surface area contributed by atoms with Gasteiger partial charge >= 0.3 is 12.3 Å². The summed E-state index contributed by atoms with van der Waals surface area (Å²) in [5, 5.41) is 11.3. The fraction of sp³-hybridized carbons (Fsp3) is 0.571. The fourth-order valence-corrected chi connectivity index (χ4v) is 5.40. The van der Waals surface area contributed by atoms with E-state index in [0.717, 1.165) is 11.3 Å². The van der Waals surface area contributed by atoms with Crippen LogP contribution in [-0.2, 0) is 10.9 Å². The Hall–Kier alpha value is -2.96. The zero-order valence-corrected chi connectivity index (χ0v) is 19.6. The van der Waals surface area contributed by atoms with Crippen molar-refractivity contribution in [3.8, 4) is 0 Å². The number of benzene rings is 1. The van der Waals surface area contributed by atoms with Gasteiger partial charge in [-0.1, -0.05) is 11.3 Å². The molecule has 0 unspecified atom stereocenters. The largest absolute Gasteiger partial charge is 0.444 e. The number of nitrogens with zero attached hydrogens (tertiary/aromatic N) is 4. The highest BCUT2D eigenvalue weighted by atomic mass is 32.1. The van der Waals surface area contributed by atoms with Crippen molar-refractivity contribution >= 4 is 38.3 Å². The normalized spacial score (nSPS) is 18.2. The lowest BCUT2D eigenvalue weighted by atomic mass is 9.72. The first-order chi connectivity index (χ1) is 15.7. The first kappa shape index (κ1) is 24.2. The van der Waals surface area contributed by atoms with Crippen molar-refractivity contribution in [3.05, 3.63) is 38.2 Å². The van der Waals surface area contributed by atoms with Gasteiger partial charge in [0.25, 0.3) is 11.2 Å². The van der Waals surface area contributed by atoms with Gasteiger partial charge in [-0.05, 0) is 39.7 Å². The van der Waals surface area contributed by atoms with Crippen molar-refractivity contribution in [3.63, 3.8) is 0 Å². The van der Waals surface area contributed by atoms with Gasteiger partial charge in [0.15, 0.2) is 5.13 Å². The van der Waals surface area contributed by atoms with Crippen LogP contribution in [0.1, 0.15) is 39.2 Å². The number of rotatable bonds is 2. The fourth-order valence-electron chi connectivity index (χ4n) is 4.28. The molecule has 2 aromatic rings. The number of nitro benzene ring substituents is 1. The quantitative estimate of drug-likeness (QED) is 0.444. The van der Waals surface area contributed by atoms with Gasteiger partial charge in [0, 0.05) is 37.7 Å². The molecule has 4 rings (SSSR count). The van der Waals surface area contributed by atoms with Crippen molar-refractivity contribution in [2.45, 2.75) is 45.4 Å². The molecule has 0 saturated carbocycles. The number of halogens is 3. The van der Waals surface area contributed by atoms with Crippen molar-refractivity contribution in [2.75, 3.05) is 31.1 Å². The molecule has 0 N–H and O–H groups in total. The number of hydrogen-bond donors (Lipinski definition) is 0. The number of alkyl halides is 3. The summed E-state index contributed by atoms with van der Waals surface area (Å²) in [7, 11) is 0. The van der Waals surface area contributed by atoms with E-state index in [2.05, 4.69) is 4.98 Å². The minimum atomic E-state index is -4.83. The molecule has 3 heterocycles. The molecular formula is C21H23F3N4O5S. The zero-order chi connectivity index (χ0) is 25.1. The second-order valence-corrected chi connectivity index (χ2v) is 10.7. The van der Waals surface area contributed by atoms with E-state index in [1.54, 1.807) is 25.7 Å². The van der Waals surface area contributed by atoms with Crippen LogP contribution < -0.4 is 10.5 Å². The number of anilines is 1. The molecule has 1 spiro atoms. The van der Waals surface area contributed by atoms with Crippen LogP contribution in [-0.4, -0.2) is 52.7 Å². The van der Waals surface area contributed by atoms with Gasteiger partial charge in [0.2, 0.25) is 0 Å². The van der Waals surface area contributed by atoms with Crippen LogP contribution in [0.4, 0.5) is 28.8 Å². The minimum Gasteiger partial charge on any atom is -0.444 e. The molecule has 1 aromatic carbocycles. The predicted octanol–water partition coefficient (Wildman–Crippen LogP) is 4.42. The van der Waals surface area contributed by atoms with Crippen LogP contribution in [0.5, 0.6) is 0 Å². The van der Waals surface area contributed by atoms with Gasteiger partial charge in [-0.3, -0.25) is 14.9 Å². The zero-order valence-electron chi connectivity index (χ0n) is 18.8. The topological polar surface area (TPSA) is 106 Å². The summed E-state index contributed by atoms with van der Waals surface area (Å²) in [4.78, 5) is 42.7. The predicted molar refractivity (Wildman–Crippen MR) is 119 cm³/mol. The van der Waals surface area contributed by atoms with E-state index in [9.17, 15) is 32.9 Å². The van der Waals surface area contributed by atoms with E-state index in [4.69, 9.17) is 4.74 Å². The van der Waals surface area contributed by atoms with E-state index >= 15 is 0 Å². The Morgan fingerprint density at radius 3 is 2.35 bits per heavy atom. The summed E-state index contributed by atoms with van der Waals surface area (Å²) in [6.45, 7) is 7.53. The number of carbonyl (C=O) groups is 1. The first-order valence-corrected chi connectivity index (χ1v) is 11.4. The molecule has 0 atom stereocenters. The highest BCUT2D eigenvalue weighted by molar-refractivity contribution is 7.22. The highest BCUT2D eigenvalue weighted by Crippen LogP contribution is 2.43. The van der Waals surface area contributed by atoms with Gasteiger partial charge in [-0.2, -0.15) is 18.2 Å². The third kappa shape index (κ3) is 4.65. The lowest BCUT2D eigenvalue weighted by Gasteiger charge is -2.53. The standard InChI is InChI=1S/C21H23F3N4O5S/c1-19(2,3)33-18(30)27-10-20(11-27)4-6-26(7-5-20)17-25-16(29)13-8-12(21(22,23)24)9-14(28(31)32)15(13)34-17/h8-9H,4-7,10-11H2,1-3H3. The number of fused-ring (bicyclic) bond motifs is 1. The van der Waals surface area contributed by atoms with E-state index < -0.39 is 38.9 Å². The first-order valence-electron chi connectivity index (χ1n) is 10.6. The average molecular weight is 500 g/mol. The monoisotopic (exact) mass is 500 g/mol. The summed E-state index contributed by atoms with van der Waals surface area (Å²) in [6.07, 6.45) is -3.77. The summed E-state index contributed by atoms with van der Waals surface area (Å²) in [5.74, 6) is 0. The Morgan fingerprint density at radius 2 is 1.82 bits per heavy atom. The van der Waals surface area contributed by atoms with Gasteiger partial charge in [-0.25, -0.2) is 4.79 Å². The van der Waals surface area contributed by atoms with Crippen LogP contribution in [0.25, 0.3) is 10.1 Å². The molecule has 184 valence electrons. The van der Waals surface area contributed by atoms with E-state index in [0.29, 0.717) is 51.2 Å². The molecule has 2 aliphatic rings. The van der Waals surface area contributed by atoms with Crippen LogP contribution in [0.15, 0.2) is 16.9 Å². The van der Waals surface area contributed by atoms with Crippen LogP contribution in [0.2, 0.25) is 0 Å². The van der Waals surface area contributed by atoms with E-state index in [1.165, 1.54) is 0 Å². The third-order valence-corrected chi connectivity index (χ3v) is 7.18. The summed E-state index contributed by atoms with van der Waals surface area (Å²) < 4.78 is 44.7. The van der Waals surface area contributed by atoms with E-state index in [-0.39, 0.29) is 21.3 Å².